The summed E-state index contributed by atoms with van der Waals surface area (Å²) in [5.74, 6) is 0.477. The van der Waals surface area contributed by atoms with Crippen molar-refractivity contribution < 1.29 is 8.42 Å². The van der Waals surface area contributed by atoms with Gasteiger partial charge in [0.1, 0.15) is 0 Å². The van der Waals surface area contributed by atoms with Crippen molar-refractivity contribution in [3.05, 3.63) is 0 Å². The van der Waals surface area contributed by atoms with Crippen LogP contribution in [-0.2, 0) is 10.2 Å². The van der Waals surface area contributed by atoms with Crippen LogP contribution in [0.25, 0.3) is 0 Å². The van der Waals surface area contributed by atoms with Gasteiger partial charge in [-0.2, -0.15) is 17.0 Å². The third-order valence-corrected chi connectivity index (χ3v) is 5.72. The maximum atomic E-state index is 12.6. The summed E-state index contributed by atoms with van der Waals surface area (Å²) in [6.07, 6.45) is 4.07. The van der Waals surface area contributed by atoms with E-state index >= 15 is 0 Å². The summed E-state index contributed by atoms with van der Waals surface area (Å²) in [6.45, 7) is 6.76. The zero-order chi connectivity index (χ0) is 13.6. The first-order chi connectivity index (χ1) is 8.52. The van der Waals surface area contributed by atoms with Crippen LogP contribution >= 0.6 is 15.9 Å². The largest absolute Gasteiger partial charge is 0.282 e. The Morgan fingerprint density at radius 2 is 2.11 bits per heavy atom. The van der Waals surface area contributed by atoms with E-state index in [1.807, 2.05) is 0 Å². The predicted molar refractivity (Wildman–Crippen MR) is 79.2 cm³/mol. The van der Waals surface area contributed by atoms with E-state index in [4.69, 9.17) is 0 Å². The lowest BCUT2D eigenvalue weighted by atomic mass is 10.0. The van der Waals surface area contributed by atoms with Crippen LogP contribution in [0.3, 0.4) is 0 Å². The monoisotopic (exact) mass is 340 g/mol. The highest BCUT2D eigenvalue weighted by Gasteiger charge is 2.31. The molecule has 1 aliphatic heterocycles. The van der Waals surface area contributed by atoms with Crippen molar-refractivity contribution in [3.63, 3.8) is 0 Å². The zero-order valence-corrected chi connectivity index (χ0v) is 13.8. The fourth-order valence-electron chi connectivity index (χ4n) is 2.29. The summed E-state index contributed by atoms with van der Waals surface area (Å²) >= 11 is 3.35. The molecule has 108 valence electrons. The molecule has 1 atom stereocenters. The Bertz CT molecular complexity index is 335. The normalized spacial score (nSPS) is 22.6. The first-order valence-corrected chi connectivity index (χ1v) is 9.35. The molecule has 0 radical (unpaired) electrons. The minimum absolute atomic E-state index is 0.477. The summed E-state index contributed by atoms with van der Waals surface area (Å²) in [5, 5.41) is 0.694. The second kappa shape index (κ2) is 7.82. The maximum absolute atomic E-state index is 12.6. The van der Waals surface area contributed by atoms with Crippen LogP contribution in [0.2, 0.25) is 0 Å². The van der Waals surface area contributed by atoms with E-state index in [9.17, 15) is 8.42 Å². The summed E-state index contributed by atoms with van der Waals surface area (Å²) in [6, 6.07) is 0. The SMILES string of the molecule is CCCCN(CCBr)S(=O)(=O)N1CCCC(C)C1. The highest BCUT2D eigenvalue weighted by Crippen LogP contribution is 2.21. The number of piperidine rings is 1. The molecule has 0 aromatic rings. The average Bonchev–Trinajstić information content (AvgIpc) is 2.34. The molecule has 1 aliphatic rings. The van der Waals surface area contributed by atoms with Gasteiger partial charge in [-0.3, -0.25) is 0 Å². The average molecular weight is 341 g/mol. The van der Waals surface area contributed by atoms with Gasteiger partial charge in [0.2, 0.25) is 0 Å². The van der Waals surface area contributed by atoms with Gasteiger partial charge in [-0.15, -0.1) is 0 Å². The molecule has 1 saturated heterocycles. The Hall–Kier alpha value is 0.350. The number of alkyl halides is 1. The van der Waals surface area contributed by atoms with E-state index in [2.05, 4.69) is 29.8 Å². The highest BCUT2D eigenvalue weighted by atomic mass is 79.9. The van der Waals surface area contributed by atoms with E-state index in [-0.39, 0.29) is 0 Å². The van der Waals surface area contributed by atoms with Crippen LogP contribution in [0, 0.1) is 5.92 Å². The Kier molecular flexibility index (Phi) is 7.13. The van der Waals surface area contributed by atoms with Gasteiger partial charge in [0.15, 0.2) is 0 Å². The summed E-state index contributed by atoms with van der Waals surface area (Å²) in [5.41, 5.74) is 0. The molecule has 1 rings (SSSR count). The number of unbranched alkanes of at least 4 members (excludes halogenated alkanes) is 1. The van der Waals surface area contributed by atoms with Crippen molar-refractivity contribution in [2.45, 2.75) is 39.5 Å². The molecule has 0 bridgehead atoms. The molecule has 0 N–H and O–H groups in total. The molecule has 0 aliphatic carbocycles. The van der Waals surface area contributed by atoms with Gasteiger partial charge < -0.3 is 0 Å². The third kappa shape index (κ3) is 4.47. The van der Waals surface area contributed by atoms with Gasteiger partial charge in [0.05, 0.1) is 0 Å². The fraction of sp³-hybridized carbons (Fsp3) is 1.00. The zero-order valence-electron chi connectivity index (χ0n) is 11.4. The first-order valence-electron chi connectivity index (χ1n) is 6.83. The van der Waals surface area contributed by atoms with Crippen LogP contribution < -0.4 is 0 Å². The molecule has 0 aromatic heterocycles. The quantitative estimate of drug-likeness (QED) is 0.668. The second-order valence-electron chi connectivity index (χ2n) is 5.05. The van der Waals surface area contributed by atoms with E-state index in [0.717, 1.165) is 25.7 Å². The summed E-state index contributed by atoms with van der Waals surface area (Å²) < 4.78 is 28.4. The van der Waals surface area contributed by atoms with Crippen LogP contribution in [0.4, 0.5) is 0 Å². The van der Waals surface area contributed by atoms with Crippen molar-refractivity contribution >= 4 is 26.1 Å². The van der Waals surface area contributed by atoms with Crippen LogP contribution in [0.1, 0.15) is 39.5 Å². The van der Waals surface area contributed by atoms with Crippen molar-refractivity contribution in [1.82, 2.24) is 8.61 Å². The molecular weight excluding hydrogens is 316 g/mol. The Morgan fingerprint density at radius 1 is 1.39 bits per heavy atom. The van der Waals surface area contributed by atoms with Gasteiger partial charge in [0, 0.05) is 31.5 Å². The number of rotatable bonds is 7. The van der Waals surface area contributed by atoms with Crippen molar-refractivity contribution in [1.29, 1.82) is 0 Å². The highest BCUT2D eigenvalue weighted by molar-refractivity contribution is 9.09. The summed E-state index contributed by atoms with van der Waals surface area (Å²) in [7, 11) is -3.25. The van der Waals surface area contributed by atoms with Gasteiger partial charge in [-0.05, 0) is 25.2 Å². The molecule has 1 unspecified atom stereocenters. The smallest absolute Gasteiger partial charge is 0.195 e. The first kappa shape index (κ1) is 16.4. The third-order valence-electron chi connectivity index (χ3n) is 3.37. The van der Waals surface area contributed by atoms with Gasteiger partial charge in [0.25, 0.3) is 10.2 Å². The van der Waals surface area contributed by atoms with E-state index in [0.29, 0.717) is 37.4 Å². The van der Waals surface area contributed by atoms with Crippen LogP contribution in [-0.4, -0.2) is 48.5 Å². The molecule has 0 aromatic carbocycles. The van der Waals surface area contributed by atoms with Gasteiger partial charge in [-0.1, -0.05) is 36.2 Å². The molecule has 0 amide bonds. The lowest BCUT2D eigenvalue weighted by Crippen LogP contribution is -2.48. The molecule has 1 fully saturated rings. The van der Waals surface area contributed by atoms with Gasteiger partial charge >= 0.3 is 0 Å². The summed E-state index contributed by atoms with van der Waals surface area (Å²) in [4.78, 5) is 0. The number of hydrogen-bond acceptors (Lipinski definition) is 2. The van der Waals surface area contributed by atoms with Crippen LogP contribution in [0.5, 0.6) is 0 Å². The van der Waals surface area contributed by atoms with E-state index in [1.165, 1.54) is 0 Å². The topological polar surface area (TPSA) is 40.6 Å². The van der Waals surface area contributed by atoms with Crippen molar-refractivity contribution in [3.8, 4) is 0 Å². The Morgan fingerprint density at radius 3 is 2.67 bits per heavy atom. The van der Waals surface area contributed by atoms with Crippen LogP contribution in [0.15, 0.2) is 0 Å². The molecule has 4 nitrogen and oxygen atoms in total. The molecular formula is C12H25BrN2O2S. The van der Waals surface area contributed by atoms with Crippen molar-refractivity contribution in [2.24, 2.45) is 5.92 Å². The Balaban J connectivity index is 2.72. The number of halogens is 1. The fourth-order valence-corrected chi connectivity index (χ4v) is 4.76. The predicted octanol–water partition coefficient (Wildman–Crippen LogP) is 2.46. The minimum Gasteiger partial charge on any atom is -0.195 e. The molecule has 0 spiro atoms. The lowest BCUT2D eigenvalue weighted by molar-refractivity contribution is 0.258. The molecule has 1 heterocycles. The van der Waals surface area contributed by atoms with E-state index < -0.39 is 10.2 Å². The van der Waals surface area contributed by atoms with Gasteiger partial charge in [-0.25, -0.2) is 0 Å². The minimum atomic E-state index is -3.25. The maximum Gasteiger partial charge on any atom is 0.282 e. The van der Waals surface area contributed by atoms with E-state index in [1.54, 1.807) is 8.61 Å². The lowest BCUT2D eigenvalue weighted by Gasteiger charge is -2.34. The molecule has 6 heteroatoms. The standard InChI is InChI=1S/C12H25BrN2O2S/c1-3-4-8-14(10-7-13)18(16,17)15-9-5-6-12(2)11-15/h12H,3-11H2,1-2H3. The number of hydrogen-bond donors (Lipinski definition) is 0. The second-order valence-corrected chi connectivity index (χ2v) is 7.78. The Labute approximate surface area is 120 Å². The molecule has 0 saturated carbocycles. The molecule has 18 heavy (non-hydrogen) atoms. The van der Waals surface area contributed by atoms with Crippen molar-refractivity contribution in [2.75, 3.05) is 31.5 Å². The number of nitrogens with zero attached hydrogens (tertiary/aromatic N) is 2.